The van der Waals surface area contributed by atoms with Crippen molar-refractivity contribution in [1.29, 1.82) is 0 Å². The quantitative estimate of drug-likeness (QED) is 0.764. The zero-order valence-corrected chi connectivity index (χ0v) is 11.3. The van der Waals surface area contributed by atoms with Crippen molar-refractivity contribution in [2.45, 2.75) is 51.5 Å². The first kappa shape index (κ1) is 14.8. The zero-order chi connectivity index (χ0) is 13.5. The highest BCUT2D eigenvalue weighted by Crippen LogP contribution is 2.28. The molecule has 0 aromatic carbocycles. The lowest BCUT2D eigenvalue weighted by Gasteiger charge is -2.26. The van der Waals surface area contributed by atoms with Crippen molar-refractivity contribution < 1.29 is 14.7 Å². The molecule has 2 amide bonds. The van der Waals surface area contributed by atoms with Gasteiger partial charge in [0.1, 0.15) is 0 Å². The number of carbonyl (C=O) groups is 2. The van der Waals surface area contributed by atoms with Gasteiger partial charge in [0.2, 0.25) is 0 Å². The summed E-state index contributed by atoms with van der Waals surface area (Å²) in [7, 11) is 1.64. The molecular weight excluding hydrogens is 232 g/mol. The van der Waals surface area contributed by atoms with E-state index in [-0.39, 0.29) is 25.0 Å². The lowest BCUT2D eigenvalue weighted by Crippen LogP contribution is -2.46. The van der Waals surface area contributed by atoms with Crippen LogP contribution in [0.15, 0.2) is 0 Å². The van der Waals surface area contributed by atoms with Crippen molar-refractivity contribution >= 4 is 12.0 Å². The Balaban J connectivity index is 2.38. The summed E-state index contributed by atoms with van der Waals surface area (Å²) in [5, 5.41) is 11.6. The minimum absolute atomic E-state index is 0.00978. The standard InChI is InChI=1S/C13H24N2O3/c1-3-11(10-6-4-5-7-10)14-13(18)15(2)9-8-12(16)17/h10-11H,3-9H2,1-2H3,(H,14,18)(H,16,17). The van der Waals surface area contributed by atoms with Crippen LogP contribution < -0.4 is 5.32 Å². The SMILES string of the molecule is CCC(NC(=O)N(C)CCC(=O)O)C1CCCC1. The molecule has 2 N–H and O–H groups in total. The van der Waals surface area contributed by atoms with Crippen LogP contribution in [0.2, 0.25) is 0 Å². The molecule has 18 heavy (non-hydrogen) atoms. The minimum atomic E-state index is -0.877. The maximum atomic E-state index is 11.9. The second-order valence-electron chi connectivity index (χ2n) is 5.07. The average molecular weight is 256 g/mol. The molecule has 5 heteroatoms. The van der Waals surface area contributed by atoms with Crippen LogP contribution in [0.3, 0.4) is 0 Å². The number of carbonyl (C=O) groups excluding carboxylic acids is 1. The summed E-state index contributed by atoms with van der Waals surface area (Å²) in [6.45, 7) is 2.34. The highest BCUT2D eigenvalue weighted by Gasteiger charge is 2.25. The van der Waals surface area contributed by atoms with Gasteiger partial charge in [-0.25, -0.2) is 4.79 Å². The van der Waals surface area contributed by atoms with E-state index < -0.39 is 5.97 Å². The Labute approximate surface area is 109 Å². The van der Waals surface area contributed by atoms with Gasteiger partial charge in [0.05, 0.1) is 6.42 Å². The summed E-state index contributed by atoms with van der Waals surface area (Å²) in [6, 6.07) is 0.0716. The van der Waals surface area contributed by atoms with Gasteiger partial charge in [-0.15, -0.1) is 0 Å². The fourth-order valence-electron chi connectivity index (χ4n) is 2.55. The third-order valence-corrected chi connectivity index (χ3v) is 3.73. The number of hydrogen-bond acceptors (Lipinski definition) is 2. The molecule has 1 aliphatic rings. The van der Waals surface area contributed by atoms with Crippen LogP contribution >= 0.6 is 0 Å². The van der Waals surface area contributed by atoms with Gasteiger partial charge in [-0.1, -0.05) is 19.8 Å². The number of nitrogens with zero attached hydrogens (tertiary/aromatic N) is 1. The largest absolute Gasteiger partial charge is 0.481 e. The van der Waals surface area contributed by atoms with Crippen molar-refractivity contribution in [3.63, 3.8) is 0 Å². The first-order chi connectivity index (χ1) is 8.54. The number of urea groups is 1. The Kier molecular flexibility index (Phi) is 5.95. The van der Waals surface area contributed by atoms with Crippen LogP contribution in [-0.2, 0) is 4.79 Å². The molecule has 0 radical (unpaired) electrons. The fraction of sp³-hybridized carbons (Fsp3) is 0.846. The molecule has 5 nitrogen and oxygen atoms in total. The Morgan fingerprint density at radius 3 is 2.50 bits per heavy atom. The number of hydrogen-bond donors (Lipinski definition) is 2. The topological polar surface area (TPSA) is 69.6 Å². The predicted molar refractivity (Wildman–Crippen MR) is 69.5 cm³/mol. The highest BCUT2D eigenvalue weighted by atomic mass is 16.4. The van der Waals surface area contributed by atoms with Crippen molar-refractivity contribution in [3.8, 4) is 0 Å². The number of nitrogens with one attached hydrogen (secondary N) is 1. The van der Waals surface area contributed by atoms with Crippen LogP contribution in [0.5, 0.6) is 0 Å². The first-order valence-electron chi connectivity index (χ1n) is 6.78. The van der Waals surface area contributed by atoms with Crippen LogP contribution in [0.4, 0.5) is 4.79 Å². The Bertz CT molecular complexity index is 288. The fourth-order valence-corrected chi connectivity index (χ4v) is 2.55. The second kappa shape index (κ2) is 7.24. The van der Waals surface area contributed by atoms with Crippen LogP contribution in [0.1, 0.15) is 45.4 Å². The molecule has 0 aliphatic heterocycles. The number of amides is 2. The van der Waals surface area contributed by atoms with Gasteiger partial charge in [0, 0.05) is 19.6 Å². The van der Waals surface area contributed by atoms with E-state index in [2.05, 4.69) is 12.2 Å². The van der Waals surface area contributed by atoms with Crippen molar-refractivity contribution in [1.82, 2.24) is 10.2 Å². The lowest BCUT2D eigenvalue weighted by molar-refractivity contribution is -0.137. The second-order valence-corrected chi connectivity index (χ2v) is 5.07. The Morgan fingerprint density at radius 2 is 2.00 bits per heavy atom. The van der Waals surface area contributed by atoms with E-state index in [1.807, 2.05) is 0 Å². The highest BCUT2D eigenvalue weighted by molar-refractivity contribution is 5.75. The molecule has 0 saturated heterocycles. The molecular formula is C13H24N2O3. The smallest absolute Gasteiger partial charge is 0.317 e. The van der Waals surface area contributed by atoms with E-state index in [0.717, 1.165) is 6.42 Å². The summed E-state index contributed by atoms with van der Waals surface area (Å²) in [4.78, 5) is 23.8. The lowest BCUT2D eigenvalue weighted by atomic mass is 9.96. The van der Waals surface area contributed by atoms with Crippen molar-refractivity contribution in [3.05, 3.63) is 0 Å². The van der Waals surface area contributed by atoms with Gasteiger partial charge < -0.3 is 15.3 Å². The van der Waals surface area contributed by atoms with Gasteiger partial charge in [0.15, 0.2) is 0 Å². The molecule has 0 aromatic rings. The third kappa shape index (κ3) is 4.55. The number of rotatable bonds is 6. The molecule has 1 saturated carbocycles. The van der Waals surface area contributed by atoms with Crippen molar-refractivity contribution in [2.24, 2.45) is 5.92 Å². The van der Waals surface area contributed by atoms with Gasteiger partial charge >= 0.3 is 12.0 Å². The minimum Gasteiger partial charge on any atom is -0.481 e. The van der Waals surface area contributed by atoms with E-state index in [0.29, 0.717) is 5.92 Å². The molecule has 0 aromatic heterocycles. The number of carboxylic acids is 1. The summed E-state index contributed by atoms with van der Waals surface area (Å²) in [6.07, 6.45) is 5.82. The number of carboxylic acid groups (broad SMARTS) is 1. The van der Waals surface area contributed by atoms with Crippen LogP contribution in [-0.4, -0.2) is 41.6 Å². The van der Waals surface area contributed by atoms with E-state index in [1.165, 1.54) is 30.6 Å². The van der Waals surface area contributed by atoms with Crippen LogP contribution in [0, 0.1) is 5.92 Å². The predicted octanol–water partition coefficient (Wildman–Crippen LogP) is 2.07. The molecule has 1 fully saturated rings. The number of aliphatic carboxylic acids is 1. The average Bonchev–Trinajstić information content (AvgIpc) is 2.86. The van der Waals surface area contributed by atoms with E-state index in [4.69, 9.17) is 5.11 Å². The Morgan fingerprint density at radius 1 is 1.39 bits per heavy atom. The van der Waals surface area contributed by atoms with Gasteiger partial charge in [0.25, 0.3) is 0 Å². The van der Waals surface area contributed by atoms with Crippen LogP contribution in [0.25, 0.3) is 0 Å². The molecule has 104 valence electrons. The van der Waals surface area contributed by atoms with Gasteiger partial charge in [-0.2, -0.15) is 0 Å². The third-order valence-electron chi connectivity index (χ3n) is 3.73. The normalized spacial score (nSPS) is 17.4. The molecule has 1 aliphatic carbocycles. The molecule has 1 atom stereocenters. The van der Waals surface area contributed by atoms with Crippen molar-refractivity contribution in [2.75, 3.05) is 13.6 Å². The van der Waals surface area contributed by atoms with E-state index >= 15 is 0 Å². The summed E-state index contributed by atoms with van der Waals surface area (Å²) in [5.41, 5.74) is 0. The first-order valence-corrected chi connectivity index (χ1v) is 6.78. The molecule has 1 rings (SSSR count). The Hall–Kier alpha value is -1.26. The zero-order valence-electron chi connectivity index (χ0n) is 11.3. The van der Waals surface area contributed by atoms with Gasteiger partial charge in [-0.05, 0) is 25.2 Å². The molecule has 1 unspecified atom stereocenters. The molecule has 0 spiro atoms. The maximum Gasteiger partial charge on any atom is 0.317 e. The maximum absolute atomic E-state index is 11.9. The van der Waals surface area contributed by atoms with E-state index in [1.54, 1.807) is 7.05 Å². The molecule has 0 heterocycles. The summed E-state index contributed by atoms with van der Waals surface area (Å²) >= 11 is 0. The van der Waals surface area contributed by atoms with Gasteiger partial charge in [-0.3, -0.25) is 4.79 Å². The molecule has 0 bridgehead atoms. The van der Waals surface area contributed by atoms with E-state index in [9.17, 15) is 9.59 Å². The monoisotopic (exact) mass is 256 g/mol. The summed E-state index contributed by atoms with van der Waals surface area (Å²) in [5.74, 6) is -0.288. The summed E-state index contributed by atoms with van der Waals surface area (Å²) < 4.78 is 0.